The number of nitrogens with zero attached hydrogens (tertiary/aromatic N) is 2. The molecule has 8 rings (SSSR count). The number of hydrogen-bond acceptors (Lipinski definition) is 14. The van der Waals surface area contributed by atoms with Crippen molar-refractivity contribution in [1.82, 2.24) is 9.97 Å². The molecule has 0 radical (unpaired) electrons. The van der Waals surface area contributed by atoms with E-state index in [0.717, 1.165) is 33.0 Å². The van der Waals surface area contributed by atoms with Gasteiger partial charge in [-0.05, 0) is 89.8 Å². The van der Waals surface area contributed by atoms with Crippen LogP contribution in [0.2, 0.25) is 0 Å². The molecule has 0 spiro atoms. The molecule has 0 atom stereocenters. The van der Waals surface area contributed by atoms with Crippen LogP contribution in [0.1, 0.15) is 51.7 Å². The molecule has 68 heavy (non-hydrogen) atoms. The molecule has 8 aromatic rings. The molecule has 18 heteroatoms. The number of carbonyl (C=O) groups excluding carboxylic acids is 1. The number of halogens is 2. The molecular weight excluding hydrogens is 874 g/mol. The van der Waals surface area contributed by atoms with E-state index in [-0.39, 0.29) is 80.8 Å². The van der Waals surface area contributed by atoms with Gasteiger partial charge in [0.25, 0.3) is 0 Å². The second-order valence-electron chi connectivity index (χ2n) is 15.0. The molecule has 0 bridgehead atoms. The van der Waals surface area contributed by atoms with Crippen LogP contribution < -0.4 is 51.3 Å². The van der Waals surface area contributed by atoms with Gasteiger partial charge in [-0.15, -0.1) is 0 Å². The average Bonchev–Trinajstić information content (AvgIpc) is 4.01. The first-order valence-electron chi connectivity index (χ1n) is 21.0. The predicted molar refractivity (Wildman–Crippen MR) is 246 cm³/mol. The van der Waals surface area contributed by atoms with Gasteiger partial charge in [0.1, 0.15) is 35.9 Å². The number of fused-ring (bicyclic) bond motifs is 2. The summed E-state index contributed by atoms with van der Waals surface area (Å²) in [5.41, 5.74) is 30.5. The van der Waals surface area contributed by atoms with Crippen molar-refractivity contribution >= 4 is 33.9 Å². The fourth-order valence-corrected chi connectivity index (χ4v) is 7.40. The number of furan rings is 2. The van der Waals surface area contributed by atoms with E-state index in [1.807, 2.05) is 42.5 Å². The predicted octanol–water partition coefficient (Wildman–Crippen LogP) is 4.82. The SMILES string of the molecule is CCOC(=O)Cc1ccc(CN)cc1OCc1cc(-c2ccnc(CN)c2F)c2occc2c1.NCc1ccc(CC(=O)O)c(OCc2cc(-c3ccnc(CN)c3F)c3occc3c2)c1.[Li+].[OH-]. The fraction of sp³-hybridized carbons (Fsp3) is 0.200. The molecule has 0 aliphatic carbocycles. The first-order valence-corrected chi connectivity index (χ1v) is 21.0. The van der Waals surface area contributed by atoms with E-state index in [9.17, 15) is 19.1 Å². The molecule has 10 N–H and O–H groups in total. The monoisotopic (exact) mass is 922 g/mol. The number of hydrogen-bond donors (Lipinski definition) is 5. The molecule has 4 aromatic heterocycles. The van der Waals surface area contributed by atoms with Crippen LogP contribution in [0.4, 0.5) is 8.78 Å². The van der Waals surface area contributed by atoms with Crippen LogP contribution in [0.3, 0.4) is 0 Å². The number of nitrogens with two attached hydrogens (primary N) is 4. The molecule has 0 unspecified atom stereocenters. The molecule has 0 saturated heterocycles. The smallest absolute Gasteiger partial charge is 0.870 e. The molecule has 0 amide bonds. The fourth-order valence-electron chi connectivity index (χ4n) is 7.40. The Labute approximate surface area is 401 Å². The first-order chi connectivity index (χ1) is 32.0. The summed E-state index contributed by atoms with van der Waals surface area (Å²) in [7, 11) is 0. The van der Waals surface area contributed by atoms with Crippen molar-refractivity contribution in [2.75, 3.05) is 6.61 Å². The molecule has 0 fully saturated rings. The van der Waals surface area contributed by atoms with Crippen molar-refractivity contribution < 1.29 is 70.9 Å². The minimum Gasteiger partial charge on any atom is -0.870 e. The zero-order valence-corrected chi connectivity index (χ0v) is 37.5. The van der Waals surface area contributed by atoms with Crippen LogP contribution in [0, 0.1) is 11.6 Å². The summed E-state index contributed by atoms with van der Waals surface area (Å²) >= 11 is 0. The molecule has 0 aliphatic rings. The maximum atomic E-state index is 15.0. The molecule has 0 saturated carbocycles. The summed E-state index contributed by atoms with van der Waals surface area (Å²) in [6.45, 7) is 3.02. The average molecular weight is 923 g/mol. The molecule has 4 heterocycles. The summed E-state index contributed by atoms with van der Waals surface area (Å²) in [6, 6.07) is 24.9. The zero-order valence-electron chi connectivity index (χ0n) is 37.5. The van der Waals surface area contributed by atoms with Crippen molar-refractivity contribution in [3.8, 4) is 33.8 Å². The van der Waals surface area contributed by atoms with Gasteiger partial charge in [0.05, 0.1) is 43.4 Å². The van der Waals surface area contributed by atoms with Gasteiger partial charge in [0, 0.05) is 82.7 Å². The van der Waals surface area contributed by atoms with Crippen molar-refractivity contribution in [2.45, 2.75) is 59.2 Å². The third-order valence-electron chi connectivity index (χ3n) is 10.6. The summed E-state index contributed by atoms with van der Waals surface area (Å²) in [6.07, 6.45) is 6.05. The Morgan fingerprint density at radius 1 is 0.603 bits per heavy atom. The van der Waals surface area contributed by atoms with Gasteiger partial charge in [-0.3, -0.25) is 19.6 Å². The van der Waals surface area contributed by atoms with E-state index in [2.05, 4.69) is 9.97 Å². The number of carboxylic acid groups (broad SMARTS) is 1. The second-order valence-corrected chi connectivity index (χ2v) is 15.0. The van der Waals surface area contributed by atoms with Gasteiger partial charge in [0.15, 0.2) is 11.6 Å². The maximum Gasteiger partial charge on any atom is 1.00 e. The molecule has 4 aromatic carbocycles. The third kappa shape index (κ3) is 12.1. The van der Waals surface area contributed by atoms with Crippen molar-refractivity contribution in [2.24, 2.45) is 22.9 Å². The van der Waals surface area contributed by atoms with Crippen molar-refractivity contribution in [1.29, 1.82) is 0 Å². The number of esters is 1. The second kappa shape index (κ2) is 24.2. The Kier molecular flexibility index (Phi) is 18.5. The third-order valence-corrected chi connectivity index (χ3v) is 10.6. The van der Waals surface area contributed by atoms with Gasteiger partial charge >= 0.3 is 30.8 Å². The number of aromatic nitrogens is 2. The Hall–Kier alpha value is -6.94. The molecule has 15 nitrogen and oxygen atoms in total. The Bertz CT molecular complexity index is 3020. The number of rotatable bonds is 17. The standard InChI is InChI=1S/C26H26FN3O4.C24H22FN3O4.Li.H2O/c1-2-32-24(31)12-18-4-3-16(13-28)11-23(18)34-15-17-9-19-6-8-33-26(19)21(10-17)20-5-7-30-22(14-29)25(20)27;25-23-18(3-5-28-20(23)12-27)19-8-15(7-17-4-6-31-24(17)19)13-32-21-9-14(11-26)1-2-16(21)10-22(29)30;;/h3-11H,2,12-15,28-29H2,1H3;1-9H,10-13,26-27H2,(H,29,30);;1H2/q;;+1;/p-1. The number of ether oxygens (including phenoxy) is 3. The normalized spacial score (nSPS) is 10.8. The number of benzene rings is 4. The van der Waals surface area contributed by atoms with Crippen molar-refractivity contribution in [3.63, 3.8) is 0 Å². The summed E-state index contributed by atoms with van der Waals surface area (Å²) in [4.78, 5) is 31.2. The topological polar surface area (TPSA) is 268 Å². The first kappa shape index (κ1) is 52.0. The minimum absolute atomic E-state index is 0. The minimum atomic E-state index is -0.957. The van der Waals surface area contributed by atoms with E-state index in [1.54, 1.807) is 55.7 Å². The van der Waals surface area contributed by atoms with Gasteiger partial charge < -0.3 is 56.6 Å². The van der Waals surface area contributed by atoms with Crippen LogP contribution in [0.15, 0.2) is 119 Å². The van der Waals surface area contributed by atoms with E-state index in [4.69, 9.17) is 46.0 Å². The summed E-state index contributed by atoms with van der Waals surface area (Å²) < 4.78 is 58.4. The van der Waals surface area contributed by atoms with Crippen molar-refractivity contribution in [3.05, 3.63) is 166 Å². The molecule has 0 aliphatic heterocycles. The van der Waals surface area contributed by atoms with Crippen LogP contribution in [-0.4, -0.2) is 39.1 Å². The van der Waals surface area contributed by atoms with E-state index in [0.29, 0.717) is 75.7 Å². The van der Waals surface area contributed by atoms with Crippen LogP contribution in [0.5, 0.6) is 11.5 Å². The number of carbonyl (C=O) groups is 2. The molecular formula is C50H49F2LiN6O9. The quantitative estimate of drug-likeness (QED) is 0.0605. The van der Waals surface area contributed by atoms with Crippen LogP contribution >= 0.6 is 0 Å². The number of carboxylic acids is 1. The van der Waals surface area contributed by atoms with Crippen LogP contribution in [-0.2, 0) is 66.6 Å². The van der Waals surface area contributed by atoms with Gasteiger partial charge in [0.2, 0.25) is 0 Å². The maximum absolute atomic E-state index is 15.0. The summed E-state index contributed by atoms with van der Waals surface area (Å²) in [5, 5.41) is 10.8. The molecule has 348 valence electrons. The van der Waals surface area contributed by atoms with Gasteiger partial charge in [-0.2, -0.15) is 0 Å². The zero-order chi connectivity index (χ0) is 46.7. The van der Waals surface area contributed by atoms with E-state index >= 15 is 4.39 Å². The van der Waals surface area contributed by atoms with Gasteiger partial charge in [-0.25, -0.2) is 8.78 Å². The largest absolute Gasteiger partial charge is 1.00 e. The Balaban J connectivity index is 0.000000247. The van der Waals surface area contributed by atoms with E-state index < -0.39 is 17.6 Å². The number of aliphatic carboxylic acids is 1. The Morgan fingerprint density at radius 3 is 1.47 bits per heavy atom. The van der Waals surface area contributed by atoms with E-state index in [1.165, 1.54) is 18.7 Å². The van der Waals surface area contributed by atoms with Crippen LogP contribution in [0.25, 0.3) is 44.2 Å². The van der Waals surface area contributed by atoms with Gasteiger partial charge in [-0.1, -0.05) is 24.3 Å². The number of pyridine rings is 2. The Morgan fingerprint density at radius 2 is 1.06 bits per heavy atom. The summed E-state index contributed by atoms with van der Waals surface area (Å²) in [5.74, 6) is -1.27.